The highest BCUT2D eigenvalue weighted by Gasteiger charge is 2.19. The number of fused-ring (bicyclic) bond motifs is 1. The van der Waals surface area contributed by atoms with Gasteiger partial charge in [-0.2, -0.15) is 0 Å². The number of rotatable bonds is 5. The molecule has 2 heterocycles. The third-order valence-corrected chi connectivity index (χ3v) is 4.19. The highest BCUT2D eigenvalue weighted by Crippen LogP contribution is 2.34. The first-order valence-corrected chi connectivity index (χ1v) is 8.98. The molecule has 29 heavy (non-hydrogen) atoms. The minimum absolute atomic E-state index is 0.0466. The number of aromatic nitrogens is 3. The molecule has 0 radical (unpaired) electrons. The summed E-state index contributed by atoms with van der Waals surface area (Å²) in [4.78, 5) is 11.1. The number of hydrogen-bond acceptors (Lipinski definition) is 5. The van der Waals surface area contributed by atoms with E-state index in [-0.39, 0.29) is 29.2 Å². The van der Waals surface area contributed by atoms with Crippen LogP contribution in [0.2, 0.25) is 0 Å². The maximum Gasteiger partial charge on any atom is 0.201 e. The summed E-state index contributed by atoms with van der Waals surface area (Å²) in [6.45, 7) is 3.86. The highest BCUT2D eigenvalue weighted by atomic mass is 19.1. The van der Waals surface area contributed by atoms with Crippen molar-refractivity contribution in [3.63, 3.8) is 0 Å². The van der Waals surface area contributed by atoms with Gasteiger partial charge in [-0.3, -0.25) is 0 Å². The average molecular weight is 396 g/mol. The number of H-pyrrole nitrogens is 1. The van der Waals surface area contributed by atoms with Crippen molar-refractivity contribution in [1.82, 2.24) is 15.0 Å². The van der Waals surface area contributed by atoms with Crippen molar-refractivity contribution in [2.24, 2.45) is 0 Å². The van der Waals surface area contributed by atoms with Crippen molar-refractivity contribution in [1.29, 1.82) is 0 Å². The van der Waals surface area contributed by atoms with Crippen molar-refractivity contribution >= 4 is 22.4 Å². The first kappa shape index (κ1) is 18.7. The van der Waals surface area contributed by atoms with Gasteiger partial charge in [0.15, 0.2) is 5.82 Å². The van der Waals surface area contributed by atoms with Crippen LogP contribution in [0.25, 0.3) is 22.3 Å². The molecule has 148 valence electrons. The van der Waals surface area contributed by atoms with Crippen LogP contribution in [0.15, 0.2) is 48.7 Å². The Labute approximate surface area is 165 Å². The highest BCUT2D eigenvalue weighted by molar-refractivity contribution is 5.96. The molecule has 4 aromatic rings. The second-order valence-corrected chi connectivity index (χ2v) is 6.71. The predicted molar refractivity (Wildman–Crippen MR) is 106 cm³/mol. The molecular formula is C21H18F2N4O2. The SMILES string of the molecule is CC(C)Oc1ccc(Nc2nc(-c3c(F)cccc3F)nc3c[nH]c(O)c23)cc1. The first-order valence-electron chi connectivity index (χ1n) is 8.98. The maximum atomic E-state index is 14.2. The van der Waals surface area contributed by atoms with E-state index in [0.29, 0.717) is 22.3 Å². The molecule has 0 bridgehead atoms. The van der Waals surface area contributed by atoms with Crippen LogP contribution in [0.1, 0.15) is 13.8 Å². The Bertz CT molecular complexity index is 1150. The minimum atomic E-state index is -0.773. The molecule has 0 unspecified atom stereocenters. The lowest BCUT2D eigenvalue weighted by atomic mass is 10.1. The second-order valence-electron chi connectivity index (χ2n) is 6.71. The Morgan fingerprint density at radius 1 is 1.03 bits per heavy atom. The summed E-state index contributed by atoms with van der Waals surface area (Å²) in [5.74, 6) is -0.909. The van der Waals surface area contributed by atoms with Crippen LogP contribution >= 0.6 is 0 Å². The van der Waals surface area contributed by atoms with Crippen LogP contribution in [0.3, 0.4) is 0 Å². The maximum absolute atomic E-state index is 14.2. The molecule has 0 aliphatic carbocycles. The number of aromatic amines is 1. The largest absolute Gasteiger partial charge is 0.494 e. The van der Waals surface area contributed by atoms with E-state index in [0.717, 1.165) is 12.1 Å². The van der Waals surface area contributed by atoms with Crippen LogP contribution in [-0.4, -0.2) is 26.2 Å². The van der Waals surface area contributed by atoms with Gasteiger partial charge in [0.05, 0.1) is 17.2 Å². The van der Waals surface area contributed by atoms with Gasteiger partial charge in [-0.25, -0.2) is 18.7 Å². The number of halogens is 2. The molecule has 6 nitrogen and oxygen atoms in total. The predicted octanol–water partition coefficient (Wildman–Crippen LogP) is 5.14. The molecule has 4 rings (SSSR count). The average Bonchev–Trinajstić information content (AvgIpc) is 3.04. The zero-order valence-corrected chi connectivity index (χ0v) is 15.7. The van der Waals surface area contributed by atoms with Crippen LogP contribution in [-0.2, 0) is 0 Å². The molecule has 0 saturated carbocycles. The lowest BCUT2D eigenvalue weighted by Gasteiger charge is -2.12. The number of nitrogens with one attached hydrogen (secondary N) is 2. The van der Waals surface area contributed by atoms with Gasteiger partial charge in [0, 0.05) is 11.9 Å². The van der Waals surface area contributed by atoms with E-state index in [1.165, 1.54) is 12.3 Å². The van der Waals surface area contributed by atoms with E-state index in [9.17, 15) is 13.9 Å². The van der Waals surface area contributed by atoms with Crippen LogP contribution in [0.5, 0.6) is 11.6 Å². The van der Waals surface area contributed by atoms with E-state index in [2.05, 4.69) is 20.3 Å². The molecule has 0 saturated heterocycles. The van der Waals surface area contributed by atoms with E-state index >= 15 is 0 Å². The van der Waals surface area contributed by atoms with Crippen molar-refractivity contribution in [3.05, 3.63) is 60.3 Å². The van der Waals surface area contributed by atoms with Crippen molar-refractivity contribution in [2.45, 2.75) is 20.0 Å². The normalized spacial score (nSPS) is 11.2. The monoisotopic (exact) mass is 396 g/mol. The fourth-order valence-electron chi connectivity index (χ4n) is 2.96. The summed E-state index contributed by atoms with van der Waals surface area (Å²) in [6, 6.07) is 10.7. The standard InChI is InChI=1S/C21H18F2N4O2/c1-11(2)29-13-8-6-12(7-9-13)25-20-18-16(10-24-21(18)28)26-19(27-20)17-14(22)4-3-5-15(17)23/h3-11,24,28H,1-2H3,(H,25,26,27). The Morgan fingerprint density at radius 2 is 1.72 bits per heavy atom. The molecule has 8 heteroatoms. The van der Waals surface area contributed by atoms with Gasteiger partial charge < -0.3 is 20.1 Å². The summed E-state index contributed by atoms with van der Waals surface area (Å²) < 4.78 is 34.1. The van der Waals surface area contributed by atoms with Crippen molar-refractivity contribution < 1.29 is 18.6 Å². The fourth-order valence-corrected chi connectivity index (χ4v) is 2.96. The van der Waals surface area contributed by atoms with Crippen molar-refractivity contribution in [3.8, 4) is 23.0 Å². The lowest BCUT2D eigenvalue weighted by molar-refractivity contribution is 0.242. The molecule has 2 aromatic heterocycles. The zero-order chi connectivity index (χ0) is 20.5. The zero-order valence-electron chi connectivity index (χ0n) is 15.7. The summed E-state index contributed by atoms with van der Waals surface area (Å²) in [5, 5.41) is 13.5. The van der Waals surface area contributed by atoms with Gasteiger partial charge in [-0.1, -0.05) is 6.07 Å². The third-order valence-electron chi connectivity index (χ3n) is 4.19. The second kappa shape index (κ2) is 7.38. The Kier molecular flexibility index (Phi) is 4.75. The number of aromatic hydroxyl groups is 1. The van der Waals surface area contributed by atoms with E-state index < -0.39 is 11.6 Å². The van der Waals surface area contributed by atoms with Gasteiger partial charge in [0.25, 0.3) is 0 Å². The van der Waals surface area contributed by atoms with Crippen LogP contribution < -0.4 is 10.1 Å². The Hall–Kier alpha value is -3.68. The molecule has 0 aliphatic heterocycles. The molecule has 0 atom stereocenters. The van der Waals surface area contributed by atoms with Crippen LogP contribution in [0, 0.1) is 11.6 Å². The van der Waals surface area contributed by atoms with Gasteiger partial charge in [0.2, 0.25) is 5.88 Å². The van der Waals surface area contributed by atoms with Gasteiger partial charge >= 0.3 is 0 Å². The number of ether oxygens (including phenoxy) is 1. The molecule has 0 fully saturated rings. The molecule has 0 amide bonds. The molecule has 3 N–H and O–H groups in total. The van der Waals surface area contributed by atoms with Gasteiger partial charge in [-0.15, -0.1) is 0 Å². The number of anilines is 2. The van der Waals surface area contributed by atoms with Crippen molar-refractivity contribution in [2.75, 3.05) is 5.32 Å². The lowest BCUT2D eigenvalue weighted by Crippen LogP contribution is -2.05. The number of hydrogen-bond donors (Lipinski definition) is 3. The van der Waals surface area contributed by atoms with Gasteiger partial charge in [0.1, 0.15) is 28.6 Å². The summed E-state index contributed by atoms with van der Waals surface area (Å²) in [7, 11) is 0. The van der Waals surface area contributed by atoms with E-state index in [1.807, 2.05) is 13.8 Å². The van der Waals surface area contributed by atoms with E-state index in [4.69, 9.17) is 4.74 Å². The quantitative estimate of drug-likeness (QED) is 0.435. The summed E-state index contributed by atoms with van der Waals surface area (Å²) >= 11 is 0. The Morgan fingerprint density at radius 3 is 2.38 bits per heavy atom. The summed E-state index contributed by atoms with van der Waals surface area (Å²) in [6.07, 6.45) is 1.49. The summed E-state index contributed by atoms with van der Waals surface area (Å²) in [5.41, 5.74) is 0.637. The fraction of sp³-hybridized carbons (Fsp3) is 0.143. The van der Waals surface area contributed by atoms with Crippen LogP contribution in [0.4, 0.5) is 20.3 Å². The Balaban J connectivity index is 1.78. The number of benzene rings is 2. The first-order chi connectivity index (χ1) is 13.9. The van der Waals surface area contributed by atoms with Gasteiger partial charge in [-0.05, 0) is 50.2 Å². The molecule has 0 aliphatic rings. The molecule has 2 aromatic carbocycles. The minimum Gasteiger partial charge on any atom is -0.494 e. The molecular weight excluding hydrogens is 378 g/mol. The van der Waals surface area contributed by atoms with E-state index in [1.54, 1.807) is 24.3 Å². The molecule has 0 spiro atoms. The topological polar surface area (TPSA) is 83.1 Å². The smallest absolute Gasteiger partial charge is 0.201 e. The number of nitrogens with zero attached hydrogens (tertiary/aromatic N) is 2. The third kappa shape index (κ3) is 3.69.